The molecule has 2 rings (SSSR count). The van der Waals surface area contributed by atoms with Crippen molar-refractivity contribution in [2.45, 2.75) is 19.8 Å². The van der Waals surface area contributed by atoms with Gasteiger partial charge in [0.25, 0.3) is 0 Å². The number of carbonyl (C=O) groups is 2. The summed E-state index contributed by atoms with van der Waals surface area (Å²) >= 11 is 6.06. The van der Waals surface area contributed by atoms with E-state index in [0.717, 1.165) is 6.42 Å². The molecule has 1 fully saturated rings. The van der Waals surface area contributed by atoms with Crippen LogP contribution >= 0.6 is 11.6 Å². The second-order valence-corrected chi connectivity index (χ2v) is 5.05. The van der Waals surface area contributed by atoms with Crippen LogP contribution in [-0.4, -0.2) is 25.0 Å². The summed E-state index contributed by atoms with van der Waals surface area (Å²) in [7, 11) is 0. The predicted octanol–water partition coefficient (Wildman–Crippen LogP) is 2.66. The summed E-state index contributed by atoms with van der Waals surface area (Å²) in [5.74, 6) is -0.336. The van der Waals surface area contributed by atoms with Crippen molar-refractivity contribution < 1.29 is 14.3 Å². The fraction of sp³-hybridized carbons (Fsp3) is 0.429. The molecule has 1 saturated heterocycles. The minimum atomic E-state index is -0.139. The lowest BCUT2D eigenvalue weighted by molar-refractivity contribution is -0.119. The van der Waals surface area contributed by atoms with Crippen molar-refractivity contribution in [1.82, 2.24) is 0 Å². The molecule has 1 unspecified atom stereocenters. The van der Waals surface area contributed by atoms with E-state index in [1.165, 1.54) is 0 Å². The number of hydrogen-bond donors (Lipinski definition) is 2. The van der Waals surface area contributed by atoms with E-state index in [-0.39, 0.29) is 17.7 Å². The van der Waals surface area contributed by atoms with Gasteiger partial charge in [0.1, 0.15) is 0 Å². The first-order valence-electron chi connectivity index (χ1n) is 6.58. The van der Waals surface area contributed by atoms with Gasteiger partial charge in [-0.05, 0) is 24.6 Å². The van der Waals surface area contributed by atoms with E-state index in [4.69, 9.17) is 16.3 Å². The number of rotatable bonds is 4. The Morgan fingerprint density at radius 3 is 2.85 bits per heavy atom. The quantitative estimate of drug-likeness (QED) is 0.897. The van der Waals surface area contributed by atoms with Gasteiger partial charge in [-0.15, -0.1) is 0 Å². The molecule has 0 bridgehead atoms. The molecule has 1 atom stereocenters. The van der Waals surface area contributed by atoms with Gasteiger partial charge in [-0.1, -0.05) is 18.5 Å². The van der Waals surface area contributed by atoms with Crippen LogP contribution in [0.3, 0.4) is 0 Å². The van der Waals surface area contributed by atoms with Crippen LogP contribution in [0.1, 0.15) is 19.8 Å². The summed E-state index contributed by atoms with van der Waals surface area (Å²) in [5.41, 5.74) is 1.11. The van der Waals surface area contributed by atoms with Gasteiger partial charge in [-0.3, -0.25) is 9.59 Å². The molecule has 5 nitrogen and oxygen atoms in total. The number of carbonyl (C=O) groups excluding carboxylic acids is 2. The first kappa shape index (κ1) is 14.8. The number of anilines is 2. The van der Waals surface area contributed by atoms with Crippen molar-refractivity contribution in [3.63, 3.8) is 0 Å². The van der Waals surface area contributed by atoms with Crippen LogP contribution in [0, 0.1) is 5.92 Å². The van der Waals surface area contributed by atoms with E-state index in [0.29, 0.717) is 36.0 Å². The lowest BCUT2D eigenvalue weighted by Crippen LogP contribution is -2.23. The number of hydrogen-bond acceptors (Lipinski definition) is 3. The van der Waals surface area contributed by atoms with Crippen LogP contribution in [-0.2, 0) is 14.3 Å². The van der Waals surface area contributed by atoms with Gasteiger partial charge in [-0.2, -0.15) is 0 Å². The molecule has 0 saturated carbocycles. The molecule has 1 aromatic rings. The highest BCUT2D eigenvalue weighted by Crippen LogP contribution is 2.27. The third-order valence-electron chi connectivity index (χ3n) is 3.13. The van der Waals surface area contributed by atoms with Crippen molar-refractivity contribution >= 4 is 34.8 Å². The Bertz CT molecular complexity index is 513. The van der Waals surface area contributed by atoms with Crippen LogP contribution < -0.4 is 10.6 Å². The zero-order valence-corrected chi connectivity index (χ0v) is 12.0. The van der Waals surface area contributed by atoms with E-state index in [9.17, 15) is 9.59 Å². The zero-order valence-electron chi connectivity index (χ0n) is 11.2. The van der Waals surface area contributed by atoms with Crippen molar-refractivity contribution in [1.29, 1.82) is 0 Å². The summed E-state index contributed by atoms with van der Waals surface area (Å²) in [6.07, 6.45) is 1.11. The molecule has 2 N–H and O–H groups in total. The number of ether oxygens (including phenoxy) is 1. The maximum atomic E-state index is 12.0. The highest BCUT2D eigenvalue weighted by Gasteiger charge is 2.24. The molecule has 20 heavy (non-hydrogen) atoms. The fourth-order valence-electron chi connectivity index (χ4n) is 1.92. The molecule has 0 radical (unpaired) electrons. The Morgan fingerprint density at radius 2 is 2.20 bits per heavy atom. The van der Waals surface area contributed by atoms with Gasteiger partial charge in [0.15, 0.2) is 0 Å². The zero-order chi connectivity index (χ0) is 14.5. The van der Waals surface area contributed by atoms with Gasteiger partial charge in [0.05, 0.1) is 23.2 Å². The molecule has 1 heterocycles. The normalized spacial score (nSPS) is 17.8. The third kappa shape index (κ3) is 3.71. The monoisotopic (exact) mass is 296 g/mol. The third-order valence-corrected chi connectivity index (χ3v) is 3.46. The van der Waals surface area contributed by atoms with E-state index in [2.05, 4.69) is 10.6 Å². The fourth-order valence-corrected chi connectivity index (χ4v) is 2.09. The number of nitrogens with one attached hydrogen (secondary N) is 2. The maximum absolute atomic E-state index is 12.0. The predicted molar refractivity (Wildman–Crippen MR) is 77.9 cm³/mol. The van der Waals surface area contributed by atoms with Gasteiger partial charge < -0.3 is 15.4 Å². The minimum absolute atomic E-state index is 0.0891. The van der Waals surface area contributed by atoms with Gasteiger partial charge in [0, 0.05) is 18.7 Å². The van der Waals surface area contributed by atoms with Crippen molar-refractivity contribution in [3.8, 4) is 0 Å². The topological polar surface area (TPSA) is 67.4 Å². The standard InChI is InChI=1S/C14H17ClN2O3/c1-2-13(18)16-10-3-4-11(15)12(7-10)17-14(19)9-5-6-20-8-9/h3-4,7,9H,2,5-6,8H2,1H3,(H,16,18)(H,17,19). The average molecular weight is 297 g/mol. The summed E-state index contributed by atoms with van der Waals surface area (Å²) in [6, 6.07) is 5.00. The summed E-state index contributed by atoms with van der Waals surface area (Å²) in [4.78, 5) is 23.4. The smallest absolute Gasteiger partial charge is 0.229 e. The molecule has 0 aromatic heterocycles. The average Bonchev–Trinajstić information content (AvgIpc) is 2.96. The Balaban J connectivity index is 2.07. The van der Waals surface area contributed by atoms with Crippen LogP contribution in [0.4, 0.5) is 11.4 Å². The van der Waals surface area contributed by atoms with E-state index in [1.807, 2.05) is 0 Å². The Hall–Kier alpha value is -1.59. The molecule has 0 aliphatic carbocycles. The number of amides is 2. The van der Waals surface area contributed by atoms with Gasteiger partial charge in [-0.25, -0.2) is 0 Å². The van der Waals surface area contributed by atoms with Crippen LogP contribution in [0.25, 0.3) is 0 Å². The molecular weight excluding hydrogens is 280 g/mol. The van der Waals surface area contributed by atoms with Crippen LogP contribution in [0.2, 0.25) is 5.02 Å². The van der Waals surface area contributed by atoms with E-state index < -0.39 is 0 Å². The highest BCUT2D eigenvalue weighted by atomic mass is 35.5. The largest absolute Gasteiger partial charge is 0.381 e. The molecule has 108 valence electrons. The number of halogens is 1. The minimum Gasteiger partial charge on any atom is -0.381 e. The molecule has 1 aromatic carbocycles. The maximum Gasteiger partial charge on any atom is 0.229 e. The molecule has 1 aliphatic heterocycles. The lowest BCUT2D eigenvalue weighted by Gasteiger charge is -2.12. The van der Waals surface area contributed by atoms with E-state index in [1.54, 1.807) is 25.1 Å². The summed E-state index contributed by atoms with van der Waals surface area (Å²) in [6.45, 7) is 2.82. The molecular formula is C14H17ClN2O3. The second kappa shape index (κ2) is 6.72. The van der Waals surface area contributed by atoms with Crippen molar-refractivity contribution in [2.24, 2.45) is 5.92 Å². The Kier molecular flexibility index (Phi) is 4.98. The van der Waals surface area contributed by atoms with Gasteiger partial charge >= 0.3 is 0 Å². The highest BCUT2D eigenvalue weighted by molar-refractivity contribution is 6.33. The van der Waals surface area contributed by atoms with Gasteiger partial charge in [0.2, 0.25) is 11.8 Å². The summed E-state index contributed by atoms with van der Waals surface area (Å²) in [5, 5.41) is 5.95. The van der Waals surface area contributed by atoms with Crippen LogP contribution in [0.5, 0.6) is 0 Å². The van der Waals surface area contributed by atoms with Crippen molar-refractivity contribution in [3.05, 3.63) is 23.2 Å². The van der Waals surface area contributed by atoms with Crippen LogP contribution in [0.15, 0.2) is 18.2 Å². The number of benzene rings is 1. The SMILES string of the molecule is CCC(=O)Nc1ccc(Cl)c(NC(=O)C2CCOC2)c1. The van der Waals surface area contributed by atoms with Crippen molar-refractivity contribution in [2.75, 3.05) is 23.8 Å². The second-order valence-electron chi connectivity index (χ2n) is 4.65. The first-order valence-corrected chi connectivity index (χ1v) is 6.96. The Morgan fingerprint density at radius 1 is 1.40 bits per heavy atom. The molecule has 6 heteroatoms. The first-order chi connectivity index (χ1) is 9.60. The molecule has 1 aliphatic rings. The van der Waals surface area contributed by atoms with E-state index >= 15 is 0 Å². The Labute approximate surface area is 122 Å². The lowest BCUT2D eigenvalue weighted by atomic mass is 10.1. The summed E-state index contributed by atoms with van der Waals surface area (Å²) < 4.78 is 5.19. The molecule has 2 amide bonds. The molecule has 0 spiro atoms.